The van der Waals surface area contributed by atoms with E-state index in [0.717, 1.165) is 5.56 Å². The maximum Gasteiger partial charge on any atom is 0.262 e. The van der Waals surface area contributed by atoms with E-state index in [9.17, 15) is 9.59 Å². The van der Waals surface area contributed by atoms with Gasteiger partial charge in [-0.2, -0.15) is 0 Å². The van der Waals surface area contributed by atoms with Crippen molar-refractivity contribution in [1.82, 2.24) is 14.9 Å². The third kappa shape index (κ3) is 3.96. The van der Waals surface area contributed by atoms with Gasteiger partial charge in [0.2, 0.25) is 5.91 Å². The summed E-state index contributed by atoms with van der Waals surface area (Å²) in [7, 11) is 0. The Labute approximate surface area is 156 Å². The number of benzene rings is 2. The second-order valence-corrected chi connectivity index (χ2v) is 7.07. The van der Waals surface area contributed by atoms with Crippen molar-refractivity contribution in [3.8, 4) is 0 Å². The highest BCUT2D eigenvalue weighted by Crippen LogP contribution is 2.24. The van der Waals surface area contributed by atoms with Crippen LogP contribution in [0.2, 0.25) is 0 Å². The van der Waals surface area contributed by atoms with Crippen molar-refractivity contribution in [2.75, 3.05) is 12.3 Å². The van der Waals surface area contributed by atoms with Crippen LogP contribution in [0.4, 0.5) is 0 Å². The Kier molecular flexibility index (Phi) is 5.73. The minimum Gasteiger partial charge on any atom is -0.356 e. The second-order valence-electron chi connectivity index (χ2n) is 6.00. The van der Waals surface area contributed by atoms with Crippen LogP contribution in [-0.2, 0) is 4.79 Å². The minimum absolute atomic E-state index is 0.0472. The minimum atomic E-state index is -0.135. The average molecular weight is 367 g/mol. The maximum atomic E-state index is 13.1. The first kappa shape index (κ1) is 18.2. The molecule has 0 saturated carbocycles. The zero-order chi connectivity index (χ0) is 18.5. The average Bonchev–Trinajstić information content (AvgIpc) is 2.65. The molecule has 26 heavy (non-hydrogen) atoms. The van der Waals surface area contributed by atoms with Crippen LogP contribution in [0.15, 0.2) is 64.5 Å². The number of aromatic nitrogens is 2. The second kappa shape index (κ2) is 8.19. The zero-order valence-corrected chi connectivity index (χ0v) is 15.6. The van der Waals surface area contributed by atoms with Gasteiger partial charge in [-0.15, -0.1) is 0 Å². The summed E-state index contributed by atoms with van der Waals surface area (Å²) in [6.07, 6.45) is 0. The molecule has 3 aromatic rings. The number of para-hydroxylation sites is 1. The quantitative estimate of drug-likeness (QED) is 0.413. The van der Waals surface area contributed by atoms with Gasteiger partial charge >= 0.3 is 0 Å². The molecule has 1 atom stereocenters. The Bertz CT molecular complexity index is 970. The predicted molar refractivity (Wildman–Crippen MR) is 106 cm³/mol. The standard InChI is InChI=1S/C20H21N3O2S/c1-14(16-8-4-3-5-9-16)23-19(25)17-10-6-7-11-18(17)22-20(23)26-13-12-21-15(2)24/h3-11,14H,12-13H2,1-2H3,(H,21,24)/t14-/m0/s1. The molecule has 0 aliphatic heterocycles. The highest BCUT2D eigenvalue weighted by atomic mass is 32.2. The Morgan fingerprint density at radius 2 is 1.85 bits per heavy atom. The molecule has 0 saturated heterocycles. The van der Waals surface area contributed by atoms with Gasteiger partial charge in [-0.25, -0.2) is 4.98 Å². The van der Waals surface area contributed by atoms with Crippen molar-refractivity contribution in [1.29, 1.82) is 0 Å². The monoisotopic (exact) mass is 367 g/mol. The number of carbonyl (C=O) groups is 1. The van der Waals surface area contributed by atoms with Gasteiger partial charge in [0.05, 0.1) is 16.9 Å². The molecule has 6 heteroatoms. The maximum absolute atomic E-state index is 13.1. The third-order valence-corrected chi connectivity index (χ3v) is 5.11. The summed E-state index contributed by atoms with van der Waals surface area (Å²) >= 11 is 1.48. The van der Waals surface area contributed by atoms with Crippen molar-refractivity contribution in [3.63, 3.8) is 0 Å². The van der Waals surface area contributed by atoms with Crippen LogP contribution < -0.4 is 10.9 Å². The molecule has 0 aliphatic carbocycles. The first-order chi connectivity index (χ1) is 12.6. The first-order valence-corrected chi connectivity index (χ1v) is 9.50. The number of hydrogen-bond acceptors (Lipinski definition) is 4. The zero-order valence-electron chi connectivity index (χ0n) is 14.8. The third-order valence-electron chi connectivity index (χ3n) is 4.15. The summed E-state index contributed by atoms with van der Waals surface area (Å²) in [5, 5.41) is 4.05. The summed E-state index contributed by atoms with van der Waals surface area (Å²) < 4.78 is 1.75. The molecular formula is C20H21N3O2S. The summed E-state index contributed by atoms with van der Waals surface area (Å²) in [5.41, 5.74) is 1.69. The fraction of sp³-hybridized carbons (Fsp3) is 0.250. The van der Waals surface area contributed by atoms with E-state index in [1.165, 1.54) is 18.7 Å². The van der Waals surface area contributed by atoms with Crippen LogP contribution in [0, 0.1) is 0 Å². The predicted octanol–water partition coefficient (Wildman–Crippen LogP) is 3.23. The molecule has 0 bridgehead atoms. The normalized spacial score (nSPS) is 12.1. The Morgan fingerprint density at radius 1 is 1.15 bits per heavy atom. The van der Waals surface area contributed by atoms with E-state index >= 15 is 0 Å². The lowest BCUT2D eigenvalue weighted by molar-refractivity contribution is -0.118. The highest BCUT2D eigenvalue weighted by molar-refractivity contribution is 7.99. The summed E-state index contributed by atoms with van der Waals surface area (Å²) in [4.78, 5) is 28.9. The van der Waals surface area contributed by atoms with E-state index < -0.39 is 0 Å². The van der Waals surface area contributed by atoms with Gasteiger partial charge < -0.3 is 5.32 Å². The molecule has 0 unspecified atom stereocenters. The van der Waals surface area contributed by atoms with Gasteiger partial charge in [-0.3, -0.25) is 14.2 Å². The molecule has 3 rings (SSSR count). The Hall–Kier alpha value is -2.60. The molecule has 5 nitrogen and oxygen atoms in total. The topological polar surface area (TPSA) is 64.0 Å². The van der Waals surface area contributed by atoms with E-state index in [1.807, 2.05) is 61.5 Å². The van der Waals surface area contributed by atoms with Crippen molar-refractivity contribution in [2.24, 2.45) is 0 Å². The van der Waals surface area contributed by atoms with Crippen LogP contribution in [0.25, 0.3) is 10.9 Å². The molecule has 0 aliphatic rings. The fourth-order valence-electron chi connectivity index (χ4n) is 2.82. The van der Waals surface area contributed by atoms with Gasteiger partial charge in [0.15, 0.2) is 5.16 Å². The number of fused-ring (bicyclic) bond motifs is 1. The lowest BCUT2D eigenvalue weighted by atomic mass is 10.1. The number of hydrogen-bond donors (Lipinski definition) is 1. The van der Waals surface area contributed by atoms with Crippen LogP contribution in [0.3, 0.4) is 0 Å². The molecule has 134 valence electrons. The fourth-order valence-corrected chi connectivity index (χ4v) is 3.75. The SMILES string of the molecule is CC(=O)NCCSc1nc2ccccc2c(=O)n1[C@@H](C)c1ccccc1. The molecule has 1 heterocycles. The summed E-state index contributed by atoms with van der Waals surface area (Å²) in [6, 6.07) is 17.2. The van der Waals surface area contributed by atoms with Gasteiger partial charge in [-0.1, -0.05) is 54.2 Å². The van der Waals surface area contributed by atoms with E-state index in [0.29, 0.717) is 28.4 Å². The van der Waals surface area contributed by atoms with Gasteiger partial charge in [-0.05, 0) is 24.6 Å². The Balaban J connectivity index is 2.03. The molecule has 2 aromatic carbocycles. The Morgan fingerprint density at radius 3 is 2.58 bits per heavy atom. The highest BCUT2D eigenvalue weighted by Gasteiger charge is 2.17. The molecule has 0 fully saturated rings. The lowest BCUT2D eigenvalue weighted by Gasteiger charge is -2.20. The largest absolute Gasteiger partial charge is 0.356 e. The molecule has 1 N–H and O–H groups in total. The lowest BCUT2D eigenvalue weighted by Crippen LogP contribution is -2.28. The van der Waals surface area contributed by atoms with Crippen molar-refractivity contribution in [3.05, 3.63) is 70.5 Å². The smallest absolute Gasteiger partial charge is 0.262 e. The number of thioether (sulfide) groups is 1. The van der Waals surface area contributed by atoms with Crippen LogP contribution in [-0.4, -0.2) is 27.8 Å². The summed E-state index contributed by atoms with van der Waals surface area (Å²) in [6.45, 7) is 4.03. The number of nitrogens with one attached hydrogen (secondary N) is 1. The van der Waals surface area contributed by atoms with E-state index in [1.54, 1.807) is 4.57 Å². The molecular weight excluding hydrogens is 346 g/mol. The number of nitrogens with zero attached hydrogens (tertiary/aromatic N) is 2. The number of amides is 1. The molecule has 1 amide bonds. The van der Waals surface area contributed by atoms with Gasteiger partial charge in [0.25, 0.3) is 5.56 Å². The van der Waals surface area contributed by atoms with Crippen molar-refractivity contribution in [2.45, 2.75) is 25.0 Å². The first-order valence-electron chi connectivity index (χ1n) is 8.51. The number of carbonyl (C=O) groups excluding carboxylic acids is 1. The van der Waals surface area contributed by atoms with E-state index in [-0.39, 0.29) is 17.5 Å². The van der Waals surface area contributed by atoms with Crippen molar-refractivity contribution < 1.29 is 4.79 Å². The van der Waals surface area contributed by atoms with Crippen molar-refractivity contribution >= 4 is 28.6 Å². The molecule has 0 radical (unpaired) electrons. The molecule has 0 spiro atoms. The summed E-state index contributed by atoms with van der Waals surface area (Å²) in [5.74, 6) is 0.582. The van der Waals surface area contributed by atoms with Crippen LogP contribution in [0.1, 0.15) is 25.5 Å². The molecule has 1 aromatic heterocycles. The van der Waals surface area contributed by atoms with Gasteiger partial charge in [0, 0.05) is 19.2 Å². The van der Waals surface area contributed by atoms with Crippen LogP contribution in [0.5, 0.6) is 0 Å². The van der Waals surface area contributed by atoms with E-state index in [2.05, 4.69) is 5.32 Å². The van der Waals surface area contributed by atoms with Gasteiger partial charge in [0.1, 0.15) is 0 Å². The number of rotatable bonds is 6. The van der Waals surface area contributed by atoms with E-state index in [4.69, 9.17) is 4.98 Å². The van der Waals surface area contributed by atoms with Crippen LogP contribution >= 0.6 is 11.8 Å².